The zero-order valence-corrected chi connectivity index (χ0v) is 8.78. The third-order valence-electron chi connectivity index (χ3n) is 1.67. The van der Waals surface area contributed by atoms with Gasteiger partial charge in [-0.25, -0.2) is 4.79 Å². The Labute approximate surface area is 87.9 Å². The second-order valence-corrected chi connectivity index (χ2v) is 2.79. The smallest absolute Gasteiger partial charge is 0.331 e. The van der Waals surface area contributed by atoms with Crippen molar-refractivity contribution in [1.82, 2.24) is 5.32 Å². The van der Waals surface area contributed by atoms with Crippen LogP contribution in [0.5, 0.6) is 0 Å². The van der Waals surface area contributed by atoms with Crippen LogP contribution in [0, 0.1) is 0 Å². The number of rotatable bonds is 7. The van der Waals surface area contributed by atoms with Crippen LogP contribution in [0.1, 0.15) is 6.42 Å². The normalized spacial score (nSPS) is 10.1. The minimum atomic E-state index is -1.18. The molecule has 6 nitrogen and oxygen atoms in total. The number of ether oxygens (including phenoxy) is 2. The molecule has 15 heavy (non-hydrogen) atoms. The first-order valence-electron chi connectivity index (χ1n) is 4.24. The Hall–Kier alpha value is -1.40. The molecule has 1 amide bonds. The van der Waals surface area contributed by atoms with Crippen molar-refractivity contribution in [3.05, 3.63) is 12.2 Å². The maximum absolute atomic E-state index is 11.1. The Morgan fingerprint density at radius 2 is 1.93 bits per heavy atom. The summed E-state index contributed by atoms with van der Waals surface area (Å²) in [7, 11) is 2.88. The van der Waals surface area contributed by atoms with Crippen molar-refractivity contribution in [2.45, 2.75) is 12.7 Å². The molecule has 0 unspecified atom stereocenters. The van der Waals surface area contributed by atoms with E-state index in [0.29, 0.717) is 0 Å². The highest BCUT2D eigenvalue weighted by molar-refractivity contribution is 5.93. The Balaban J connectivity index is 3.84. The summed E-state index contributed by atoms with van der Waals surface area (Å²) in [5.41, 5.74) is -0.154. The summed E-state index contributed by atoms with van der Waals surface area (Å²) in [5.74, 6) is -1.61. The van der Waals surface area contributed by atoms with Gasteiger partial charge in [-0.3, -0.25) is 4.79 Å². The fourth-order valence-corrected chi connectivity index (χ4v) is 0.792. The van der Waals surface area contributed by atoms with Gasteiger partial charge in [-0.15, -0.1) is 0 Å². The van der Waals surface area contributed by atoms with E-state index in [-0.39, 0.29) is 18.5 Å². The molecule has 0 aliphatic heterocycles. The Kier molecular flexibility index (Phi) is 6.32. The lowest BCUT2D eigenvalue weighted by Gasteiger charge is -2.13. The molecule has 86 valence electrons. The molecule has 0 bridgehead atoms. The van der Waals surface area contributed by atoms with E-state index in [4.69, 9.17) is 14.6 Å². The number of carbonyl (C=O) groups excluding carboxylic acids is 1. The first kappa shape index (κ1) is 13.6. The summed E-state index contributed by atoms with van der Waals surface area (Å²) in [5, 5.41) is 10.9. The highest BCUT2D eigenvalue weighted by Gasteiger charge is 2.12. The average molecular weight is 217 g/mol. The van der Waals surface area contributed by atoms with E-state index in [9.17, 15) is 9.59 Å². The lowest BCUT2D eigenvalue weighted by Crippen LogP contribution is -2.34. The topological polar surface area (TPSA) is 84.9 Å². The molecule has 0 saturated heterocycles. The predicted molar refractivity (Wildman–Crippen MR) is 52.2 cm³/mol. The molecule has 2 N–H and O–H groups in total. The molecular formula is C9H15NO5. The number of carboxylic acids is 1. The van der Waals surface area contributed by atoms with E-state index >= 15 is 0 Å². The van der Waals surface area contributed by atoms with E-state index in [1.54, 1.807) is 0 Å². The van der Waals surface area contributed by atoms with Gasteiger partial charge in [0.1, 0.15) is 0 Å². The molecule has 0 atom stereocenters. The van der Waals surface area contributed by atoms with E-state index in [0.717, 1.165) is 0 Å². The van der Waals surface area contributed by atoms with Crippen LogP contribution in [0.2, 0.25) is 0 Å². The van der Waals surface area contributed by atoms with Crippen LogP contribution in [0.15, 0.2) is 12.2 Å². The first-order valence-corrected chi connectivity index (χ1v) is 4.24. The quantitative estimate of drug-likeness (QED) is 0.454. The third-order valence-corrected chi connectivity index (χ3v) is 1.67. The Morgan fingerprint density at radius 1 is 1.40 bits per heavy atom. The molecule has 0 spiro atoms. The van der Waals surface area contributed by atoms with Gasteiger partial charge in [-0.2, -0.15) is 0 Å². The summed E-state index contributed by atoms with van der Waals surface area (Å²) >= 11 is 0. The maximum atomic E-state index is 11.1. The second kappa shape index (κ2) is 6.97. The van der Waals surface area contributed by atoms with Crippen molar-refractivity contribution in [1.29, 1.82) is 0 Å². The van der Waals surface area contributed by atoms with Crippen molar-refractivity contribution >= 4 is 11.9 Å². The van der Waals surface area contributed by atoms with Gasteiger partial charge >= 0.3 is 5.97 Å². The standard InChI is InChI=1S/C9H15NO5/c1-6(9(12)13)4-7(11)10-5-8(14-2)15-3/h8H,1,4-5H2,2-3H3,(H,10,11)(H,12,13). The number of amides is 1. The zero-order chi connectivity index (χ0) is 11.8. The minimum Gasteiger partial charge on any atom is -0.478 e. The van der Waals surface area contributed by atoms with Gasteiger partial charge in [0.25, 0.3) is 0 Å². The molecule has 6 heteroatoms. The van der Waals surface area contributed by atoms with Gasteiger partial charge in [-0.1, -0.05) is 6.58 Å². The fraction of sp³-hybridized carbons (Fsp3) is 0.556. The number of hydrogen-bond acceptors (Lipinski definition) is 4. The van der Waals surface area contributed by atoms with E-state index in [1.807, 2.05) is 0 Å². The van der Waals surface area contributed by atoms with Crippen LogP contribution >= 0.6 is 0 Å². The van der Waals surface area contributed by atoms with Crippen molar-refractivity contribution in [3.63, 3.8) is 0 Å². The van der Waals surface area contributed by atoms with Crippen LogP contribution in [-0.2, 0) is 19.1 Å². The summed E-state index contributed by atoms with van der Waals surface area (Å²) in [6.07, 6.45) is -0.776. The maximum Gasteiger partial charge on any atom is 0.331 e. The highest BCUT2D eigenvalue weighted by Crippen LogP contribution is 1.97. The molecule has 0 aromatic rings. The molecule has 0 radical (unpaired) electrons. The number of carbonyl (C=O) groups is 2. The number of methoxy groups -OCH3 is 2. The van der Waals surface area contributed by atoms with Crippen molar-refractivity contribution in [2.75, 3.05) is 20.8 Å². The van der Waals surface area contributed by atoms with Crippen molar-refractivity contribution in [3.8, 4) is 0 Å². The van der Waals surface area contributed by atoms with E-state index < -0.39 is 18.2 Å². The molecule has 0 aliphatic rings. The number of hydrogen-bond donors (Lipinski definition) is 2. The van der Waals surface area contributed by atoms with Crippen LogP contribution < -0.4 is 5.32 Å². The second-order valence-electron chi connectivity index (χ2n) is 2.79. The molecule has 0 fully saturated rings. The Bertz CT molecular complexity index is 247. The number of carboxylic acid groups (broad SMARTS) is 1. The minimum absolute atomic E-state index is 0.154. The van der Waals surface area contributed by atoms with Gasteiger partial charge in [0.15, 0.2) is 6.29 Å². The zero-order valence-electron chi connectivity index (χ0n) is 8.78. The number of aliphatic carboxylic acids is 1. The summed E-state index contributed by atoms with van der Waals surface area (Å²) in [4.78, 5) is 21.5. The molecular weight excluding hydrogens is 202 g/mol. The summed E-state index contributed by atoms with van der Waals surface area (Å²) < 4.78 is 9.65. The van der Waals surface area contributed by atoms with E-state index in [2.05, 4.69) is 11.9 Å². The molecule has 0 heterocycles. The predicted octanol–water partition coefficient (Wildman–Crippen LogP) is -0.248. The molecule has 0 rings (SSSR count). The van der Waals surface area contributed by atoms with Gasteiger partial charge in [0.05, 0.1) is 13.0 Å². The van der Waals surface area contributed by atoms with Crippen LogP contribution in [0.4, 0.5) is 0 Å². The van der Waals surface area contributed by atoms with Gasteiger partial charge < -0.3 is 19.9 Å². The van der Waals surface area contributed by atoms with Gasteiger partial charge in [0.2, 0.25) is 5.91 Å². The highest BCUT2D eigenvalue weighted by atomic mass is 16.7. The van der Waals surface area contributed by atoms with Crippen molar-refractivity contribution in [2.24, 2.45) is 0 Å². The van der Waals surface area contributed by atoms with Gasteiger partial charge in [-0.05, 0) is 0 Å². The summed E-state index contributed by atoms with van der Waals surface area (Å²) in [6.45, 7) is 3.40. The SMILES string of the molecule is C=C(CC(=O)NCC(OC)OC)C(=O)O. The average Bonchev–Trinajstić information content (AvgIpc) is 2.19. The lowest BCUT2D eigenvalue weighted by atomic mass is 10.2. The summed E-state index contributed by atoms with van der Waals surface area (Å²) in [6, 6.07) is 0. The lowest BCUT2D eigenvalue weighted by molar-refractivity contribution is -0.134. The Morgan fingerprint density at radius 3 is 2.33 bits per heavy atom. The largest absolute Gasteiger partial charge is 0.478 e. The third kappa shape index (κ3) is 5.82. The number of nitrogens with one attached hydrogen (secondary N) is 1. The van der Waals surface area contributed by atoms with Crippen LogP contribution in [0.25, 0.3) is 0 Å². The van der Waals surface area contributed by atoms with Crippen LogP contribution in [-0.4, -0.2) is 44.0 Å². The van der Waals surface area contributed by atoms with Gasteiger partial charge in [0, 0.05) is 19.8 Å². The molecule has 0 saturated carbocycles. The van der Waals surface area contributed by atoms with E-state index in [1.165, 1.54) is 14.2 Å². The van der Waals surface area contributed by atoms with Crippen LogP contribution in [0.3, 0.4) is 0 Å². The van der Waals surface area contributed by atoms with Crippen molar-refractivity contribution < 1.29 is 24.2 Å². The first-order chi connectivity index (χ1) is 7.01. The molecule has 0 aliphatic carbocycles. The molecule has 0 aromatic heterocycles. The fourth-order valence-electron chi connectivity index (χ4n) is 0.792. The monoisotopic (exact) mass is 217 g/mol. The molecule has 0 aromatic carbocycles.